The number of rotatable bonds is 5. The van der Waals surface area contributed by atoms with Crippen molar-refractivity contribution < 1.29 is 0 Å². The van der Waals surface area contributed by atoms with Crippen molar-refractivity contribution in [3.8, 4) is 17.3 Å². The minimum absolute atomic E-state index is 0.630. The normalized spacial score (nSPS) is 10.8. The topological polar surface area (TPSA) is 53.6 Å². The molecule has 104 valence electrons. The number of nitriles is 1. The van der Waals surface area contributed by atoms with E-state index in [0.717, 1.165) is 24.3 Å². The van der Waals surface area contributed by atoms with Crippen LogP contribution in [-0.4, -0.2) is 16.3 Å². The summed E-state index contributed by atoms with van der Waals surface area (Å²) < 4.78 is 1.83. The molecule has 0 bridgehead atoms. The van der Waals surface area contributed by atoms with Crippen LogP contribution in [-0.2, 0) is 13.6 Å². The van der Waals surface area contributed by atoms with Gasteiger partial charge in [-0.3, -0.25) is 4.68 Å². The molecule has 1 aromatic carbocycles. The van der Waals surface area contributed by atoms with Crippen LogP contribution in [0.5, 0.6) is 0 Å². The molecule has 0 radical (unpaired) electrons. The molecule has 0 fully saturated rings. The highest BCUT2D eigenvalue weighted by Crippen LogP contribution is 2.22. The third-order valence-electron chi connectivity index (χ3n) is 3.06. The molecule has 4 heteroatoms. The molecule has 0 aliphatic heterocycles. The standard InChI is InChI=1S/C16H20N4/c1-12(2)9-18-10-15-11-20(3)19-16(15)14-6-4-13(8-17)5-7-14/h4-7,11-12,18H,9-10H2,1-3H3. The van der Waals surface area contributed by atoms with Gasteiger partial charge in [-0.1, -0.05) is 26.0 Å². The highest BCUT2D eigenvalue weighted by molar-refractivity contribution is 5.63. The Kier molecular flexibility index (Phi) is 4.54. The summed E-state index contributed by atoms with van der Waals surface area (Å²) >= 11 is 0. The Hall–Kier alpha value is -2.12. The summed E-state index contributed by atoms with van der Waals surface area (Å²) in [6.07, 6.45) is 2.04. The SMILES string of the molecule is CC(C)CNCc1cn(C)nc1-c1ccc(C#N)cc1. The van der Waals surface area contributed by atoms with Gasteiger partial charge in [0.25, 0.3) is 0 Å². The first-order chi connectivity index (χ1) is 9.60. The summed E-state index contributed by atoms with van der Waals surface area (Å²) in [5, 5.41) is 16.8. The lowest BCUT2D eigenvalue weighted by Crippen LogP contribution is -2.19. The van der Waals surface area contributed by atoms with Crippen LogP contribution in [0.1, 0.15) is 25.0 Å². The molecule has 4 nitrogen and oxygen atoms in total. The molecule has 0 unspecified atom stereocenters. The Bertz CT molecular complexity index is 602. The highest BCUT2D eigenvalue weighted by Gasteiger charge is 2.10. The second-order valence-corrected chi connectivity index (χ2v) is 5.39. The maximum Gasteiger partial charge on any atom is 0.0991 e. The molecule has 2 aromatic rings. The first-order valence-electron chi connectivity index (χ1n) is 6.84. The maximum absolute atomic E-state index is 8.85. The molecule has 20 heavy (non-hydrogen) atoms. The fourth-order valence-corrected chi connectivity index (χ4v) is 2.11. The van der Waals surface area contributed by atoms with Crippen molar-refractivity contribution in [3.63, 3.8) is 0 Å². The third-order valence-corrected chi connectivity index (χ3v) is 3.06. The zero-order valence-electron chi connectivity index (χ0n) is 12.2. The highest BCUT2D eigenvalue weighted by atomic mass is 15.3. The van der Waals surface area contributed by atoms with Crippen LogP contribution in [0.15, 0.2) is 30.5 Å². The van der Waals surface area contributed by atoms with Gasteiger partial charge in [-0.05, 0) is 24.6 Å². The Labute approximate surface area is 120 Å². The van der Waals surface area contributed by atoms with E-state index in [-0.39, 0.29) is 0 Å². The zero-order chi connectivity index (χ0) is 14.5. The van der Waals surface area contributed by atoms with Gasteiger partial charge in [-0.25, -0.2) is 0 Å². The summed E-state index contributed by atoms with van der Waals surface area (Å²) in [5.41, 5.74) is 3.88. The van der Waals surface area contributed by atoms with E-state index in [1.807, 2.05) is 42.2 Å². The number of nitrogens with one attached hydrogen (secondary N) is 1. The van der Waals surface area contributed by atoms with Crippen LogP contribution in [0.3, 0.4) is 0 Å². The van der Waals surface area contributed by atoms with E-state index >= 15 is 0 Å². The first-order valence-corrected chi connectivity index (χ1v) is 6.84. The second kappa shape index (κ2) is 6.36. The van der Waals surface area contributed by atoms with E-state index in [4.69, 9.17) is 5.26 Å². The Morgan fingerprint density at radius 2 is 2.00 bits per heavy atom. The lowest BCUT2D eigenvalue weighted by molar-refractivity contribution is 0.552. The van der Waals surface area contributed by atoms with Gasteiger partial charge in [0.15, 0.2) is 0 Å². The Balaban J connectivity index is 2.20. The second-order valence-electron chi connectivity index (χ2n) is 5.39. The van der Waals surface area contributed by atoms with Gasteiger partial charge in [-0.15, -0.1) is 0 Å². The molecular formula is C16H20N4. The fourth-order valence-electron chi connectivity index (χ4n) is 2.11. The number of hydrogen-bond donors (Lipinski definition) is 1. The molecule has 1 heterocycles. The van der Waals surface area contributed by atoms with Gasteiger partial charge in [0.2, 0.25) is 0 Å². The number of hydrogen-bond acceptors (Lipinski definition) is 3. The molecule has 1 N–H and O–H groups in total. The average molecular weight is 268 g/mol. The first kappa shape index (κ1) is 14.3. The molecule has 0 spiro atoms. The van der Waals surface area contributed by atoms with E-state index < -0.39 is 0 Å². The lowest BCUT2D eigenvalue weighted by atomic mass is 10.1. The van der Waals surface area contributed by atoms with Crippen LogP contribution >= 0.6 is 0 Å². The predicted molar refractivity (Wildman–Crippen MR) is 79.9 cm³/mol. The third kappa shape index (κ3) is 3.46. The predicted octanol–water partition coefficient (Wildman–Crippen LogP) is 2.70. The Morgan fingerprint density at radius 3 is 2.60 bits per heavy atom. The molecule has 2 rings (SSSR count). The maximum atomic E-state index is 8.85. The molecule has 0 aliphatic carbocycles. The van der Waals surface area contributed by atoms with Crippen LogP contribution in [0.2, 0.25) is 0 Å². The quantitative estimate of drug-likeness (QED) is 0.907. The summed E-state index contributed by atoms with van der Waals surface area (Å²) in [6, 6.07) is 9.69. The van der Waals surface area contributed by atoms with Crippen molar-refractivity contribution >= 4 is 0 Å². The lowest BCUT2D eigenvalue weighted by Gasteiger charge is -2.07. The minimum atomic E-state index is 0.630. The molecule has 0 atom stereocenters. The van der Waals surface area contributed by atoms with Crippen LogP contribution in [0.25, 0.3) is 11.3 Å². The van der Waals surface area contributed by atoms with Gasteiger partial charge >= 0.3 is 0 Å². The van der Waals surface area contributed by atoms with Crippen molar-refractivity contribution in [2.24, 2.45) is 13.0 Å². The fraction of sp³-hybridized carbons (Fsp3) is 0.375. The van der Waals surface area contributed by atoms with Crippen molar-refractivity contribution in [1.29, 1.82) is 5.26 Å². The monoisotopic (exact) mass is 268 g/mol. The van der Waals surface area contributed by atoms with Gasteiger partial charge in [-0.2, -0.15) is 10.4 Å². The van der Waals surface area contributed by atoms with Crippen molar-refractivity contribution in [2.45, 2.75) is 20.4 Å². The molecule has 1 aromatic heterocycles. The van der Waals surface area contributed by atoms with Crippen molar-refractivity contribution in [1.82, 2.24) is 15.1 Å². The van der Waals surface area contributed by atoms with Crippen LogP contribution in [0, 0.1) is 17.2 Å². The van der Waals surface area contributed by atoms with E-state index in [1.54, 1.807) is 0 Å². The van der Waals surface area contributed by atoms with Crippen molar-refractivity contribution in [2.75, 3.05) is 6.54 Å². The molecule has 0 saturated carbocycles. The van der Waals surface area contributed by atoms with Gasteiger partial charge in [0, 0.05) is 30.9 Å². The van der Waals surface area contributed by atoms with E-state index in [2.05, 4.69) is 30.3 Å². The summed E-state index contributed by atoms with van der Waals surface area (Å²) in [5.74, 6) is 0.630. The van der Waals surface area contributed by atoms with Gasteiger partial charge < -0.3 is 5.32 Å². The summed E-state index contributed by atoms with van der Waals surface area (Å²) in [6.45, 7) is 6.18. The van der Waals surface area contributed by atoms with Gasteiger partial charge in [0.05, 0.1) is 17.3 Å². The van der Waals surface area contributed by atoms with Gasteiger partial charge in [0.1, 0.15) is 0 Å². The molecular weight excluding hydrogens is 248 g/mol. The molecule has 0 amide bonds. The van der Waals surface area contributed by atoms with E-state index in [1.165, 1.54) is 5.56 Å². The number of aromatic nitrogens is 2. The van der Waals surface area contributed by atoms with Crippen LogP contribution < -0.4 is 5.32 Å². The summed E-state index contributed by atoms with van der Waals surface area (Å²) in [7, 11) is 1.93. The minimum Gasteiger partial charge on any atom is -0.312 e. The summed E-state index contributed by atoms with van der Waals surface area (Å²) in [4.78, 5) is 0. The molecule has 0 aliphatic rings. The smallest absolute Gasteiger partial charge is 0.0991 e. The van der Waals surface area contributed by atoms with Crippen molar-refractivity contribution in [3.05, 3.63) is 41.6 Å². The van der Waals surface area contributed by atoms with E-state index in [0.29, 0.717) is 11.5 Å². The van der Waals surface area contributed by atoms with E-state index in [9.17, 15) is 0 Å². The number of benzene rings is 1. The average Bonchev–Trinajstić information content (AvgIpc) is 2.79. The van der Waals surface area contributed by atoms with Crippen LogP contribution in [0.4, 0.5) is 0 Å². The number of nitrogens with zero attached hydrogens (tertiary/aromatic N) is 3. The largest absolute Gasteiger partial charge is 0.312 e. The molecule has 0 saturated heterocycles. The Morgan fingerprint density at radius 1 is 1.30 bits per heavy atom. The number of aryl methyl sites for hydroxylation is 1. The zero-order valence-corrected chi connectivity index (χ0v) is 12.2.